The van der Waals surface area contributed by atoms with E-state index in [2.05, 4.69) is 10.3 Å². The Kier molecular flexibility index (Phi) is 9.33. The third-order valence-corrected chi connectivity index (χ3v) is 8.15. The number of aliphatic hydroxyl groups is 1. The number of hydrogen-bond donors (Lipinski definition) is 2. The maximum absolute atomic E-state index is 13.9. The number of aliphatic hydroxyl groups excluding tert-OH is 1. The molecule has 0 unspecified atom stereocenters. The third kappa shape index (κ3) is 6.86. The topological polar surface area (TPSA) is 90.4 Å². The lowest BCUT2D eigenvalue weighted by Gasteiger charge is -2.45. The number of rotatable bonds is 7. The molecule has 0 spiro atoms. The number of morpholine rings is 1. The minimum Gasteiger partial charge on any atom is -0.474 e. The predicted octanol–water partition coefficient (Wildman–Crippen LogP) is 2.34. The molecule has 1 aromatic carbocycles. The first kappa shape index (κ1) is 30.6. The monoisotopic (exact) mass is 595 g/mol. The van der Waals surface area contributed by atoms with E-state index < -0.39 is 18.8 Å². The summed E-state index contributed by atoms with van der Waals surface area (Å²) in [7, 11) is 0. The summed E-state index contributed by atoms with van der Waals surface area (Å²) < 4.78 is 65.6. The van der Waals surface area contributed by atoms with E-state index in [1.165, 1.54) is 17.0 Å². The first-order valence-corrected chi connectivity index (χ1v) is 14.2. The molecule has 0 saturated carbocycles. The Morgan fingerprint density at radius 2 is 1.93 bits per heavy atom. The van der Waals surface area contributed by atoms with Gasteiger partial charge < -0.3 is 24.8 Å². The molecule has 1 amide bonds. The van der Waals surface area contributed by atoms with Crippen LogP contribution < -0.4 is 15.0 Å². The molecule has 2 aromatic rings. The number of carbonyl (C=O) groups excluding carboxylic acids is 1. The van der Waals surface area contributed by atoms with E-state index in [1.807, 2.05) is 18.7 Å². The molecule has 2 saturated heterocycles. The molecule has 1 aromatic heterocycles. The van der Waals surface area contributed by atoms with Crippen molar-refractivity contribution in [3.05, 3.63) is 53.0 Å². The number of nitrogens with one attached hydrogen (secondary N) is 1. The molecule has 230 valence electrons. The molecule has 4 heterocycles. The second-order valence-electron chi connectivity index (χ2n) is 11.3. The van der Waals surface area contributed by atoms with Crippen LogP contribution >= 0.6 is 0 Å². The minimum atomic E-state index is -4.41. The summed E-state index contributed by atoms with van der Waals surface area (Å²) in [6.07, 6.45) is -4.04. The summed E-state index contributed by atoms with van der Waals surface area (Å²) in [5, 5.41) is 13.3. The van der Waals surface area contributed by atoms with Crippen LogP contribution in [0.3, 0.4) is 0 Å². The summed E-state index contributed by atoms with van der Waals surface area (Å²) in [6.45, 7) is 4.83. The third-order valence-electron chi connectivity index (χ3n) is 8.15. The maximum atomic E-state index is 13.9. The zero-order valence-corrected chi connectivity index (χ0v) is 23.7. The van der Waals surface area contributed by atoms with Gasteiger partial charge in [0.1, 0.15) is 24.2 Å². The Labute approximate surface area is 242 Å². The summed E-state index contributed by atoms with van der Waals surface area (Å²) in [6, 6.07) is 5.56. The lowest BCUT2D eigenvalue weighted by atomic mass is 10.0. The zero-order valence-electron chi connectivity index (χ0n) is 23.7. The Morgan fingerprint density at radius 1 is 1.17 bits per heavy atom. The van der Waals surface area contributed by atoms with Gasteiger partial charge in [-0.3, -0.25) is 14.6 Å². The van der Waals surface area contributed by atoms with Crippen molar-refractivity contribution in [1.29, 1.82) is 0 Å². The lowest BCUT2D eigenvalue weighted by Crippen LogP contribution is -2.64. The van der Waals surface area contributed by atoms with E-state index in [0.29, 0.717) is 36.5 Å². The minimum absolute atomic E-state index is 0.0105. The average Bonchev–Trinajstić information content (AvgIpc) is 2.95. The highest BCUT2D eigenvalue weighted by Crippen LogP contribution is 2.35. The molecule has 2 N–H and O–H groups in total. The molecule has 13 heteroatoms. The number of amides is 1. The zero-order chi connectivity index (χ0) is 30.0. The van der Waals surface area contributed by atoms with Gasteiger partial charge in [0, 0.05) is 38.3 Å². The van der Waals surface area contributed by atoms with Gasteiger partial charge in [0.2, 0.25) is 11.8 Å². The fraction of sp³-hybridized carbons (Fsp3) is 0.586. The van der Waals surface area contributed by atoms with Crippen molar-refractivity contribution < 1.29 is 36.9 Å². The average molecular weight is 596 g/mol. The van der Waals surface area contributed by atoms with Gasteiger partial charge >= 0.3 is 6.18 Å². The quantitative estimate of drug-likeness (QED) is 0.472. The fourth-order valence-corrected chi connectivity index (χ4v) is 5.93. The maximum Gasteiger partial charge on any atom is 0.406 e. The smallest absolute Gasteiger partial charge is 0.406 e. The van der Waals surface area contributed by atoms with Gasteiger partial charge in [0.05, 0.1) is 38.1 Å². The van der Waals surface area contributed by atoms with Crippen LogP contribution in [0.2, 0.25) is 0 Å². The number of hydrogen-bond acceptors (Lipinski definition) is 8. The number of halogens is 4. The second-order valence-corrected chi connectivity index (χ2v) is 11.3. The van der Waals surface area contributed by atoms with Crippen molar-refractivity contribution in [3.8, 4) is 5.88 Å². The van der Waals surface area contributed by atoms with E-state index in [0.717, 1.165) is 5.56 Å². The number of piperazine rings is 1. The molecular weight excluding hydrogens is 558 g/mol. The van der Waals surface area contributed by atoms with Crippen LogP contribution in [-0.2, 0) is 22.6 Å². The Balaban J connectivity index is 1.37. The van der Waals surface area contributed by atoms with Crippen molar-refractivity contribution in [3.63, 3.8) is 0 Å². The van der Waals surface area contributed by atoms with Gasteiger partial charge in [-0.2, -0.15) is 13.2 Å². The van der Waals surface area contributed by atoms with Crippen LogP contribution in [0, 0.1) is 5.82 Å². The number of anilines is 1. The number of pyridine rings is 1. The van der Waals surface area contributed by atoms with E-state index in [9.17, 15) is 27.5 Å². The fourth-order valence-electron chi connectivity index (χ4n) is 5.93. The number of fused-ring (bicyclic) bond motifs is 1. The van der Waals surface area contributed by atoms with E-state index in [4.69, 9.17) is 9.47 Å². The summed E-state index contributed by atoms with van der Waals surface area (Å²) in [5.41, 5.74) is 2.37. The van der Waals surface area contributed by atoms with Crippen molar-refractivity contribution in [2.24, 2.45) is 0 Å². The van der Waals surface area contributed by atoms with Crippen LogP contribution in [0.25, 0.3) is 0 Å². The highest BCUT2D eigenvalue weighted by molar-refractivity contribution is 5.97. The van der Waals surface area contributed by atoms with Gasteiger partial charge in [-0.15, -0.1) is 0 Å². The molecule has 3 aliphatic rings. The molecule has 42 heavy (non-hydrogen) atoms. The van der Waals surface area contributed by atoms with Crippen LogP contribution in [0.5, 0.6) is 5.88 Å². The number of aromatic nitrogens is 1. The largest absolute Gasteiger partial charge is 0.474 e. The van der Waals surface area contributed by atoms with Crippen molar-refractivity contribution in [2.75, 3.05) is 57.4 Å². The van der Waals surface area contributed by atoms with Gasteiger partial charge in [-0.1, -0.05) is 12.1 Å². The SMILES string of the molecule is C[C@@H]1CN(CC(=O)N2c3cc(Cc4ccc(F)cc4)c(CO)nc3OC[C@@H]2C)[C@@H](CN2CCOC[C@H]2C(F)(F)F)CN1. The number of nitrogens with zero attached hydrogens (tertiary/aromatic N) is 4. The highest BCUT2D eigenvalue weighted by atomic mass is 19.4. The molecule has 0 radical (unpaired) electrons. The van der Waals surface area contributed by atoms with Crippen LogP contribution in [-0.4, -0.2) is 109 Å². The van der Waals surface area contributed by atoms with Gasteiger partial charge in [0.25, 0.3) is 0 Å². The number of alkyl halides is 3. The summed E-state index contributed by atoms with van der Waals surface area (Å²) in [4.78, 5) is 23.5. The molecule has 0 bridgehead atoms. The van der Waals surface area contributed by atoms with E-state index in [1.54, 1.807) is 23.1 Å². The number of ether oxygens (including phenoxy) is 2. The first-order chi connectivity index (χ1) is 20.0. The lowest BCUT2D eigenvalue weighted by molar-refractivity contribution is -0.213. The number of carbonyl (C=O) groups is 1. The van der Waals surface area contributed by atoms with Gasteiger partial charge in [0.15, 0.2) is 0 Å². The summed E-state index contributed by atoms with van der Waals surface area (Å²) in [5.74, 6) is -0.335. The molecule has 5 rings (SSSR count). The molecule has 9 nitrogen and oxygen atoms in total. The standard InChI is InChI=1S/C29H37F4N5O4/c1-18-12-37(23(11-34-18)13-36-7-8-41-17-26(36)29(31,32)33)14-27(40)38-19(2)16-42-28-25(38)10-21(24(15-39)35-28)9-20-3-5-22(30)6-4-20/h3-6,10,18-19,23,26,34,39H,7-9,11-17H2,1-2H3/t18-,19+,23-,26+/m1/s1. The molecular formula is C29H37F4N5O4. The predicted molar refractivity (Wildman–Crippen MR) is 147 cm³/mol. The molecule has 2 fully saturated rings. The van der Waals surface area contributed by atoms with Crippen molar-refractivity contribution in [2.45, 2.75) is 57.2 Å². The Morgan fingerprint density at radius 3 is 2.64 bits per heavy atom. The highest BCUT2D eigenvalue weighted by Gasteiger charge is 2.46. The normalized spacial score (nSPS) is 25.6. The van der Waals surface area contributed by atoms with E-state index >= 15 is 0 Å². The Bertz CT molecular complexity index is 1250. The first-order valence-electron chi connectivity index (χ1n) is 14.2. The van der Waals surface area contributed by atoms with Crippen LogP contribution in [0.15, 0.2) is 30.3 Å². The van der Waals surface area contributed by atoms with Gasteiger partial charge in [-0.05, 0) is 49.6 Å². The van der Waals surface area contributed by atoms with Crippen LogP contribution in [0.4, 0.5) is 23.2 Å². The Hall–Kier alpha value is -2.84. The molecule has 4 atom stereocenters. The van der Waals surface area contributed by atoms with E-state index in [-0.39, 0.29) is 75.2 Å². The van der Waals surface area contributed by atoms with Crippen LogP contribution in [0.1, 0.15) is 30.7 Å². The van der Waals surface area contributed by atoms with Gasteiger partial charge in [-0.25, -0.2) is 9.37 Å². The second kappa shape index (κ2) is 12.8. The molecule has 0 aliphatic carbocycles. The van der Waals surface area contributed by atoms with Crippen molar-refractivity contribution >= 4 is 11.6 Å². The number of benzene rings is 1. The summed E-state index contributed by atoms with van der Waals surface area (Å²) >= 11 is 0. The molecule has 3 aliphatic heterocycles. The van der Waals surface area contributed by atoms with Crippen molar-refractivity contribution in [1.82, 2.24) is 20.1 Å².